The molecule has 0 aromatic carbocycles. The summed E-state index contributed by atoms with van der Waals surface area (Å²) in [6, 6.07) is 0. The number of nitrogens with zero attached hydrogens (tertiary/aromatic N) is 3. The summed E-state index contributed by atoms with van der Waals surface area (Å²) in [5, 5.41) is 3.07. The van der Waals surface area contributed by atoms with E-state index in [1.54, 1.807) is 0 Å². The normalized spacial score (nSPS) is 14.6. The van der Waals surface area contributed by atoms with Crippen LogP contribution in [0.5, 0.6) is 0 Å². The average Bonchev–Trinajstić information content (AvgIpc) is 2.59. The van der Waals surface area contributed by atoms with Gasteiger partial charge in [-0.2, -0.15) is 15.0 Å². The molecule has 1 aliphatic rings. The second-order valence-electron chi connectivity index (χ2n) is 3.64. The summed E-state index contributed by atoms with van der Waals surface area (Å²) in [6.07, 6.45) is 5.23. The fourth-order valence-corrected chi connectivity index (χ4v) is 1.52. The Morgan fingerprint density at radius 1 is 1.25 bits per heavy atom. The van der Waals surface area contributed by atoms with E-state index >= 15 is 0 Å². The van der Waals surface area contributed by atoms with Gasteiger partial charge in [0.2, 0.25) is 17.8 Å². The van der Waals surface area contributed by atoms with E-state index in [0.717, 1.165) is 6.42 Å². The number of hydrogen-bond acceptors (Lipinski definition) is 6. The van der Waals surface area contributed by atoms with Crippen molar-refractivity contribution in [3.8, 4) is 0 Å². The Morgan fingerprint density at radius 2 is 1.94 bits per heavy atom. The van der Waals surface area contributed by atoms with E-state index in [2.05, 4.69) is 39.3 Å². The van der Waals surface area contributed by atoms with E-state index < -0.39 is 0 Å². The summed E-state index contributed by atoms with van der Waals surface area (Å²) < 4.78 is 0. The molecular weight excluding hydrogens is 204 g/mol. The summed E-state index contributed by atoms with van der Waals surface area (Å²) in [5.41, 5.74) is 13.5. The quantitative estimate of drug-likeness (QED) is 0.691. The Hall–Kier alpha value is -2.11. The van der Waals surface area contributed by atoms with Crippen molar-refractivity contribution in [2.45, 2.75) is 13.3 Å². The lowest BCUT2D eigenvalue weighted by molar-refractivity contribution is 1.05. The van der Waals surface area contributed by atoms with Crippen LogP contribution in [0.15, 0.2) is 23.3 Å². The van der Waals surface area contributed by atoms with Crippen LogP contribution in [-0.2, 0) is 0 Å². The molecule has 0 amide bonds. The predicted octanol–water partition coefficient (Wildman–Crippen LogP) is 0.724. The van der Waals surface area contributed by atoms with Gasteiger partial charge in [-0.3, -0.25) is 0 Å². The lowest BCUT2D eigenvalue weighted by Gasteiger charge is -2.06. The van der Waals surface area contributed by atoms with E-state index in [1.807, 2.05) is 0 Å². The number of nitrogens with two attached hydrogens (primary N) is 2. The fraction of sp³-hybridized carbons (Fsp3) is 0.300. The zero-order chi connectivity index (χ0) is 11.5. The largest absolute Gasteiger partial charge is 0.368 e. The lowest BCUT2D eigenvalue weighted by atomic mass is 10.2. The Bertz CT molecular complexity index is 442. The standard InChI is InChI=1S/C10H14N6/c1-6-3-2-4-7(6)5-13-10-15-8(11)14-9(12)16-10/h2,4H,3,5H2,1H3,(H5,11,12,13,14,15,16). The second kappa shape index (κ2) is 4.18. The van der Waals surface area contributed by atoms with Gasteiger partial charge >= 0.3 is 0 Å². The minimum Gasteiger partial charge on any atom is -0.368 e. The topological polar surface area (TPSA) is 103 Å². The third-order valence-electron chi connectivity index (χ3n) is 2.40. The maximum atomic E-state index is 5.46. The molecule has 1 heterocycles. The van der Waals surface area contributed by atoms with Gasteiger partial charge in [0.1, 0.15) is 0 Å². The minimum absolute atomic E-state index is 0.127. The second-order valence-corrected chi connectivity index (χ2v) is 3.64. The molecule has 0 saturated carbocycles. The monoisotopic (exact) mass is 218 g/mol. The molecule has 16 heavy (non-hydrogen) atoms. The number of allylic oxidation sites excluding steroid dienone is 2. The molecule has 1 aliphatic carbocycles. The van der Waals surface area contributed by atoms with Gasteiger partial charge in [-0.25, -0.2) is 0 Å². The summed E-state index contributed by atoms with van der Waals surface area (Å²) in [4.78, 5) is 11.6. The van der Waals surface area contributed by atoms with Gasteiger partial charge in [0.15, 0.2) is 0 Å². The summed E-state index contributed by atoms with van der Waals surface area (Å²) in [5.74, 6) is 0.663. The number of rotatable bonds is 3. The maximum absolute atomic E-state index is 5.46. The Balaban J connectivity index is 2.05. The fourth-order valence-electron chi connectivity index (χ4n) is 1.52. The number of anilines is 3. The molecule has 84 valence electrons. The molecule has 5 N–H and O–H groups in total. The molecule has 0 atom stereocenters. The molecule has 0 aliphatic heterocycles. The molecule has 6 heteroatoms. The first kappa shape index (κ1) is 10.4. The van der Waals surface area contributed by atoms with Crippen molar-refractivity contribution in [3.05, 3.63) is 23.3 Å². The molecule has 1 aromatic heterocycles. The van der Waals surface area contributed by atoms with Crippen molar-refractivity contribution in [3.63, 3.8) is 0 Å². The third kappa shape index (κ3) is 2.28. The van der Waals surface area contributed by atoms with Crippen molar-refractivity contribution >= 4 is 17.8 Å². The van der Waals surface area contributed by atoms with Crippen LogP contribution in [0.1, 0.15) is 13.3 Å². The average molecular weight is 218 g/mol. The maximum Gasteiger partial charge on any atom is 0.229 e. The van der Waals surface area contributed by atoms with Gasteiger partial charge in [0.05, 0.1) is 0 Å². The van der Waals surface area contributed by atoms with E-state index in [9.17, 15) is 0 Å². The molecule has 0 bridgehead atoms. The molecule has 6 nitrogen and oxygen atoms in total. The zero-order valence-corrected chi connectivity index (χ0v) is 9.07. The van der Waals surface area contributed by atoms with Crippen molar-refractivity contribution in [2.75, 3.05) is 23.3 Å². The van der Waals surface area contributed by atoms with Gasteiger partial charge in [-0.15, -0.1) is 0 Å². The van der Waals surface area contributed by atoms with E-state index in [4.69, 9.17) is 11.5 Å². The molecule has 0 fully saturated rings. The highest BCUT2D eigenvalue weighted by Gasteiger charge is 2.06. The van der Waals surface area contributed by atoms with Crippen LogP contribution in [0, 0.1) is 0 Å². The molecule has 0 radical (unpaired) electrons. The van der Waals surface area contributed by atoms with Crippen LogP contribution < -0.4 is 16.8 Å². The van der Waals surface area contributed by atoms with Crippen LogP contribution in [0.3, 0.4) is 0 Å². The smallest absolute Gasteiger partial charge is 0.229 e. The summed E-state index contributed by atoms with van der Waals surface area (Å²) in [6.45, 7) is 2.78. The third-order valence-corrected chi connectivity index (χ3v) is 2.40. The van der Waals surface area contributed by atoms with Gasteiger partial charge in [0, 0.05) is 6.54 Å². The van der Waals surface area contributed by atoms with Gasteiger partial charge in [-0.1, -0.05) is 17.7 Å². The first-order valence-electron chi connectivity index (χ1n) is 5.01. The number of nitrogens with one attached hydrogen (secondary N) is 1. The number of nitrogen functional groups attached to an aromatic ring is 2. The van der Waals surface area contributed by atoms with Gasteiger partial charge in [0.25, 0.3) is 0 Å². The zero-order valence-electron chi connectivity index (χ0n) is 9.07. The van der Waals surface area contributed by atoms with Crippen LogP contribution in [0.25, 0.3) is 0 Å². The molecule has 0 unspecified atom stereocenters. The van der Waals surface area contributed by atoms with Crippen molar-refractivity contribution < 1.29 is 0 Å². The number of aromatic nitrogens is 3. The first-order chi connectivity index (χ1) is 7.65. The Labute approximate surface area is 93.5 Å². The van der Waals surface area contributed by atoms with Crippen molar-refractivity contribution in [2.24, 2.45) is 0 Å². The van der Waals surface area contributed by atoms with E-state index in [0.29, 0.717) is 12.5 Å². The molecule has 0 saturated heterocycles. The van der Waals surface area contributed by atoms with Crippen LogP contribution in [0.4, 0.5) is 17.8 Å². The summed E-state index contributed by atoms with van der Waals surface area (Å²) in [7, 11) is 0. The van der Waals surface area contributed by atoms with Crippen LogP contribution in [0.2, 0.25) is 0 Å². The molecule has 2 rings (SSSR count). The molecule has 1 aromatic rings. The van der Waals surface area contributed by atoms with Gasteiger partial charge < -0.3 is 16.8 Å². The lowest BCUT2D eigenvalue weighted by Crippen LogP contribution is -2.11. The van der Waals surface area contributed by atoms with Crippen LogP contribution >= 0.6 is 0 Å². The van der Waals surface area contributed by atoms with Crippen molar-refractivity contribution in [1.29, 1.82) is 0 Å². The Kier molecular flexibility index (Phi) is 2.72. The highest BCUT2D eigenvalue weighted by Crippen LogP contribution is 2.18. The first-order valence-corrected chi connectivity index (χ1v) is 5.01. The SMILES string of the molecule is CC1=C(CNc2nc(N)nc(N)n2)C=CC1. The number of hydrogen-bond donors (Lipinski definition) is 3. The van der Waals surface area contributed by atoms with Crippen LogP contribution in [-0.4, -0.2) is 21.5 Å². The molecule has 0 spiro atoms. The van der Waals surface area contributed by atoms with E-state index in [-0.39, 0.29) is 11.9 Å². The Morgan fingerprint density at radius 3 is 2.50 bits per heavy atom. The minimum atomic E-state index is 0.127. The highest BCUT2D eigenvalue weighted by atomic mass is 15.2. The molecular formula is C10H14N6. The van der Waals surface area contributed by atoms with E-state index in [1.165, 1.54) is 11.1 Å². The predicted molar refractivity (Wildman–Crippen MR) is 63.6 cm³/mol. The summed E-state index contributed by atoms with van der Waals surface area (Å²) >= 11 is 0. The van der Waals surface area contributed by atoms with Crippen molar-refractivity contribution in [1.82, 2.24) is 15.0 Å². The highest BCUT2D eigenvalue weighted by molar-refractivity contribution is 5.41. The van der Waals surface area contributed by atoms with Gasteiger partial charge in [-0.05, 0) is 18.9 Å².